The van der Waals surface area contributed by atoms with Gasteiger partial charge in [-0.3, -0.25) is 9.59 Å². The van der Waals surface area contributed by atoms with E-state index in [4.69, 9.17) is 17.3 Å². The third-order valence-corrected chi connectivity index (χ3v) is 6.72. The van der Waals surface area contributed by atoms with Gasteiger partial charge in [0.15, 0.2) is 0 Å². The minimum atomic E-state index is -3.81. The van der Waals surface area contributed by atoms with Crippen LogP contribution in [0.3, 0.4) is 0 Å². The molecule has 10 heteroatoms. The number of nitrogens with zero attached hydrogens (tertiary/aromatic N) is 1. The first-order valence-corrected chi connectivity index (χ1v) is 11.3. The van der Waals surface area contributed by atoms with E-state index in [1.54, 1.807) is 19.1 Å². The van der Waals surface area contributed by atoms with Gasteiger partial charge in [-0.1, -0.05) is 6.92 Å². The summed E-state index contributed by atoms with van der Waals surface area (Å²) in [5.41, 5.74) is 6.27. The number of sulfonamides is 1. The van der Waals surface area contributed by atoms with Gasteiger partial charge in [-0.25, -0.2) is 13.1 Å². The SMILES string of the molecule is CCC(C)NS(=O)(=O)c1cc(NC(=O)CCl)ccc1N1CCC(C(N)=O)CC1. The van der Waals surface area contributed by atoms with Crippen LogP contribution in [0.25, 0.3) is 0 Å². The van der Waals surface area contributed by atoms with Gasteiger partial charge in [0.1, 0.15) is 10.8 Å². The molecule has 0 bridgehead atoms. The second-order valence-corrected chi connectivity index (χ2v) is 8.91. The molecular weight excluding hydrogens is 404 g/mol. The molecule has 2 amide bonds. The molecule has 1 saturated heterocycles. The number of hydrogen-bond donors (Lipinski definition) is 3. The molecule has 1 aliphatic rings. The normalized spacial score (nSPS) is 16.6. The van der Waals surface area contributed by atoms with Crippen molar-refractivity contribution in [1.29, 1.82) is 0 Å². The van der Waals surface area contributed by atoms with Gasteiger partial charge in [0.25, 0.3) is 0 Å². The summed E-state index contributed by atoms with van der Waals surface area (Å²) in [6.07, 6.45) is 1.78. The van der Waals surface area contributed by atoms with Gasteiger partial charge in [0.2, 0.25) is 21.8 Å². The summed E-state index contributed by atoms with van der Waals surface area (Å²) in [6, 6.07) is 4.51. The van der Waals surface area contributed by atoms with Crippen LogP contribution in [0.2, 0.25) is 0 Å². The predicted octanol–water partition coefficient (Wildman–Crippen LogP) is 1.64. The number of amides is 2. The summed E-state index contributed by atoms with van der Waals surface area (Å²) in [5.74, 6) is -1.17. The molecule has 0 aromatic heterocycles. The van der Waals surface area contributed by atoms with E-state index >= 15 is 0 Å². The van der Waals surface area contributed by atoms with Crippen LogP contribution < -0.4 is 20.7 Å². The Hall–Kier alpha value is -1.84. The molecule has 0 saturated carbocycles. The molecule has 1 fully saturated rings. The van der Waals surface area contributed by atoms with Crippen LogP contribution in [-0.2, 0) is 19.6 Å². The van der Waals surface area contributed by atoms with Crippen molar-refractivity contribution in [1.82, 2.24) is 4.72 Å². The van der Waals surface area contributed by atoms with Crippen molar-refractivity contribution in [2.45, 2.75) is 44.0 Å². The number of halogens is 1. The lowest BCUT2D eigenvalue weighted by Crippen LogP contribution is -2.40. The standard InChI is InChI=1S/C18H27ClN4O4S/c1-3-12(2)22-28(26,27)16-10-14(21-17(24)11-19)4-5-15(16)23-8-6-13(7-9-23)18(20)25/h4-5,10,12-13,22H,3,6-9,11H2,1-2H3,(H2,20,25)(H,21,24). The first kappa shape index (κ1) is 22.4. The Labute approximate surface area is 170 Å². The minimum absolute atomic E-state index is 0.0812. The van der Waals surface area contributed by atoms with Crippen molar-refractivity contribution in [3.8, 4) is 0 Å². The van der Waals surface area contributed by atoms with E-state index in [0.717, 1.165) is 0 Å². The van der Waals surface area contributed by atoms with Crippen LogP contribution in [0, 0.1) is 5.92 Å². The molecule has 156 valence electrons. The summed E-state index contributed by atoms with van der Waals surface area (Å²) >= 11 is 5.52. The molecule has 1 aromatic rings. The quantitative estimate of drug-likeness (QED) is 0.541. The van der Waals surface area contributed by atoms with Gasteiger partial charge >= 0.3 is 0 Å². The van der Waals surface area contributed by atoms with Gasteiger partial charge in [-0.2, -0.15) is 0 Å². The zero-order chi connectivity index (χ0) is 20.9. The van der Waals surface area contributed by atoms with Crippen LogP contribution in [0.1, 0.15) is 33.1 Å². The number of hydrogen-bond acceptors (Lipinski definition) is 5. The topological polar surface area (TPSA) is 122 Å². The van der Waals surface area contributed by atoms with Gasteiger partial charge in [-0.05, 0) is 44.4 Å². The van der Waals surface area contributed by atoms with Crippen molar-refractivity contribution in [2.75, 3.05) is 29.2 Å². The van der Waals surface area contributed by atoms with Gasteiger partial charge in [0.05, 0.1) is 5.69 Å². The maximum absolute atomic E-state index is 13.0. The number of nitrogens with one attached hydrogen (secondary N) is 2. The second-order valence-electron chi connectivity index (χ2n) is 6.96. The summed E-state index contributed by atoms with van der Waals surface area (Å²) < 4.78 is 28.6. The average molecular weight is 431 g/mol. The first-order valence-electron chi connectivity index (χ1n) is 9.24. The fraction of sp³-hybridized carbons (Fsp3) is 0.556. The fourth-order valence-corrected chi connectivity index (χ4v) is 4.72. The van der Waals surface area contributed by atoms with E-state index in [1.807, 2.05) is 11.8 Å². The highest BCUT2D eigenvalue weighted by Crippen LogP contribution is 2.32. The largest absolute Gasteiger partial charge is 0.370 e. The summed E-state index contributed by atoms with van der Waals surface area (Å²) in [4.78, 5) is 25.0. The summed E-state index contributed by atoms with van der Waals surface area (Å²) in [7, 11) is -3.81. The number of rotatable bonds is 8. The molecule has 8 nitrogen and oxygen atoms in total. The van der Waals surface area contributed by atoms with Crippen LogP contribution in [0.4, 0.5) is 11.4 Å². The van der Waals surface area contributed by atoms with E-state index in [2.05, 4.69) is 10.0 Å². The molecule has 1 aliphatic heterocycles. The van der Waals surface area contributed by atoms with Crippen molar-refractivity contribution in [3.63, 3.8) is 0 Å². The second kappa shape index (κ2) is 9.58. The highest BCUT2D eigenvalue weighted by atomic mass is 35.5. The molecule has 0 radical (unpaired) electrons. The fourth-order valence-electron chi connectivity index (χ4n) is 3.08. The molecule has 1 atom stereocenters. The molecule has 2 rings (SSSR count). The molecule has 0 aliphatic carbocycles. The monoisotopic (exact) mass is 430 g/mol. The zero-order valence-corrected chi connectivity index (χ0v) is 17.6. The lowest BCUT2D eigenvalue weighted by Gasteiger charge is -2.33. The van der Waals surface area contributed by atoms with Crippen LogP contribution in [0.5, 0.6) is 0 Å². The van der Waals surface area contributed by atoms with Crippen molar-refractivity contribution in [2.24, 2.45) is 11.7 Å². The Morgan fingerprint density at radius 3 is 2.50 bits per heavy atom. The Balaban J connectivity index is 2.38. The number of anilines is 2. The zero-order valence-electron chi connectivity index (χ0n) is 16.1. The first-order chi connectivity index (χ1) is 13.2. The number of piperidine rings is 1. The van der Waals surface area contributed by atoms with Crippen molar-refractivity contribution in [3.05, 3.63) is 18.2 Å². The molecule has 1 unspecified atom stereocenters. The molecule has 1 heterocycles. The van der Waals surface area contributed by atoms with E-state index in [9.17, 15) is 18.0 Å². The smallest absolute Gasteiger partial charge is 0.242 e. The molecule has 4 N–H and O–H groups in total. The molecular formula is C18H27ClN4O4S. The Morgan fingerprint density at radius 2 is 1.96 bits per heavy atom. The number of carbonyl (C=O) groups excluding carboxylic acids is 2. The predicted molar refractivity (Wildman–Crippen MR) is 110 cm³/mol. The third kappa shape index (κ3) is 5.59. The van der Waals surface area contributed by atoms with Gasteiger partial charge < -0.3 is 16.0 Å². The van der Waals surface area contributed by atoms with Crippen LogP contribution in [-0.4, -0.2) is 45.2 Å². The molecule has 1 aromatic carbocycles. The Morgan fingerprint density at radius 1 is 1.32 bits per heavy atom. The van der Waals surface area contributed by atoms with E-state index in [1.165, 1.54) is 6.07 Å². The minimum Gasteiger partial charge on any atom is -0.370 e. The maximum atomic E-state index is 13.0. The van der Waals surface area contributed by atoms with Gasteiger partial charge in [0, 0.05) is 30.7 Å². The highest BCUT2D eigenvalue weighted by Gasteiger charge is 2.28. The van der Waals surface area contributed by atoms with E-state index in [-0.39, 0.29) is 28.6 Å². The number of alkyl halides is 1. The average Bonchev–Trinajstić information content (AvgIpc) is 2.67. The van der Waals surface area contributed by atoms with Gasteiger partial charge in [-0.15, -0.1) is 11.6 Å². The number of nitrogens with two attached hydrogens (primary N) is 1. The summed E-state index contributed by atoms with van der Waals surface area (Å²) in [5, 5.41) is 2.58. The van der Waals surface area contributed by atoms with E-state index in [0.29, 0.717) is 43.7 Å². The van der Waals surface area contributed by atoms with E-state index < -0.39 is 15.9 Å². The lowest BCUT2D eigenvalue weighted by atomic mass is 9.96. The molecule has 0 spiro atoms. The lowest BCUT2D eigenvalue weighted by molar-refractivity contribution is -0.122. The number of benzene rings is 1. The molecule has 28 heavy (non-hydrogen) atoms. The number of carbonyl (C=O) groups is 2. The third-order valence-electron chi connectivity index (χ3n) is 4.86. The highest BCUT2D eigenvalue weighted by molar-refractivity contribution is 7.89. The number of primary amides is 1. The maximum Gasteiger partial charge on any atom is 0.242 e. The van der Waals surface area contributed by atoms with Crippen molar-refractivity contribution < 1.29 is 18.0 Å². The Bertz CT molecular complexity index is 823. The van der Waals surface area contributed by atoms with Crippen LogP contribution >= 0.6 is 11.6 Å². The van der Waals surface area contributed by atoms with Crippen molar-refractivity contribution >= 4 is 44.8 Å². The summed E-state index contributed by atoms with van der Waals surface area (Å²) in [6.45, 7) is 4.72. The van der Waals surface area contributed by atoms with Crippen LogP contribution in [0.15, 0.2) is 23.1 Å². The Kier molecular flexibility index (Phi) is 7.68.